The molecule has 0 saturated carbocycles. The number of anilines is 2. The fourth-order valence-corrected chi connectivity index (χ4v) is 1.08. The molecule has 0 unspecified atom stereocenters. The number of hydrogen-bond donors (Lipinski definition) is 2. The van der Waals surface area contributed by atoms with Gasteiger partial charge >= 0.3 is 0 Å². The molecule has 15 heavy (non-hydrogen) atoms. The summed E-state index contributed by atoms with van der Waals surface area (Å²) in [4.78, 5) is 7.95. The van der Waals surface area contributed by atoms with Crippen molar-refractivity contribution in [3.8, 4) is 11.8 Å². The third kappa shape index (κ3) is 2.14. The summed E-state index contributed by atoms with van der Waals surface area (Å²) in [7, 11) is 0. The molecule has 0 bridgehead atoms. The third-order valence-corrected chi connectivity index (χ3v) is 1.74. The Bertz CT molecular complexity index is 458. The summed E-state index contributed by atoms with van der Waals surface area (Å²) >= 11 is 0. The minimum Gasteiger partial charge on any atom is -0.418 e. The number of pyridine rings is 2. The molecule has 5 nitrogen and oxygen atoms in total. The number of rotatable bonds is 2. The summed E-state index contributed by atoms with van der Waals surface area (Å²) in [6, 6.07) is 6.92. The summed E-state index contributed by atoms with van der Waals surface area (Å²) in [5.41, 5.74) is 12.1. The molecular weight excluding hydrogens is 192 g/mol. The zero-order chi connectivity index (χ0) is 10.7. The highest BCUT2D eigenvalue weighted by Gasteiger charge is 2.04. The Hall–Kier alpha value is -2.30. The molecule has 0 aromatic carbocycles. The van der Waals surface area contributed by atoms with Crippen molar-refractivity contribution in [2.75, 3.05) is 11.5 Å². The van der Waals surface area contributed by atoms with Gasteiger partial charge in [-0.05, 0) is 12.1 Å². The molecule has 4 N–H and O–H groups in total. The molecule has 0 amide bonds. The van der Waals surface area contributed by atoms with Crippen LogP contribution in [0.5, 0.6) is 11.8 Å². The first-order chi connectivity index (χ1) is 7.25. The maximum atomic E-state index is 5.67. The molecule has 2 heterocycles. The lowest BCUT2D eigenvalue weighted by atomic mass is 10.4. The largest absolute Gasteiger partial charge is 0.418 e. The van der Waals surface area contributed by atoms with Gasteiger partial charge in [0.1, 0.15) is 0 Å². The lowest BCUT2D eigenvalue weighted by Crippen LogP contribution is -1.97. The van der Waals surface area contributed by atoms with Crippen molar-refractivity contribution in [2.24, 2.45) is 0 Å². The Labute approximate surface area is 86.7 Å². The standard InChI is InChI=1S/C10H10N4O/c11-7-5-8(12)10(14-6-7)15-9-3-1-2-4-13-9/h1-6H,11-12H2. The van der Waals surface area contributed by atoms with Gasteiger partial charge in [0, 0.05) is 12.3 Å². The van der Waals surface area contributed by atoms with Gasteiger partial charge in [-0.3, -0.25) is 0 Å². The first-order valence-electron chi connectivity index (χ1n) is 4.35. The molecule has 2 aromatic rings. The Kier molecular flexibility index (Phi) is 2.37. The first-order valence-corrected chi connectivity index (χ1v) is 4.35. The van der Waals surface area contributed by atoms with Crippen molar-refractivity contribution >= 4 is 11.4 Å². The number of aromatic nitrogens is 2. The van der Waals surface area contributed by atoms with E-state index in [0.717, 1.165) is 0 Å². The van der Waals surface area contributed by atoms with E-state index >= 15 is 0 Å². The SMILES string of the molecule is Nc1cnc(Oc2ccccn2)c(N)c1. The van der Waals surface area contributed by atoms with E-state index in [2.05, 4.69) is 9.97 Å². The number of hydrogen-bond acceptors (Lipinski definition) is 5. The Morgan fingerprint density at radius 3 is 2.67 bits per heavy atom. The van der Waals surface area contributed by atoms with Crippen molar-refractivity contribution in [2.45, 2.75) is 0 Å². The summed E-state index contributed by atoms with van der Waals surface area (Å²) in [6.07, 6.45) is 3.11. The van der Waals surface area contributed by atoms with E-state index in [1.54, 1.807) is 24.4 Å². The van der Waals surface area contributed by atoms with Gasteiger partial charge in [-0.1, -0.05) is 6.07 Å². The molecule has 2 rings (SSSR count). The van der Waals surface area contributed by atoms with Crippen LogP contribution in [-0.4, -0.2) is 9.97 Å². The van der Waals surface area contributed by atoms with Gasteiger partial charge in [-0.15, -0.1) is 0 Å². The van der Waals surface area contributed by atoms with E-state index in [1.807, 2.05) is 6.07 Å². The second-order valence-electron chi connectivity index (χ2n) is 2.93. The molecule has 76 valence electrons. The van der Waals surface area contributed by atoms with Crippen molar-refractivity contribution in [1.29, 1.82) is 0 Å². The molecule has 0 fully saturated rings. The first kappa shape index (κ1) is 9.26. The van der Waals surface area contributed by atoms with E-state index in [4.69, 9.17) is 16.2 Å². The van der Waals surface area contributed by atoms with Gasteiger partial charge in [0.2, 0.25) is 11.8 Å². The summed E-state index contributed by atoms with van der Waals surface area (Å²) < 4.78 is 5.36. The average molecular weight is 202 g/mol. The van der Waals surface area contributed by atoms with Crippen LogP contribution in [0.2, 0.25) is 0 Å². The maximum Gasteiger partial charge on any atom is 0.244 e. The molecule has 0 aliphatic carbocycles. The number of nitrogens with two attached hydrogens (primary N) is 2. The van der Waals surface area contributed by atoms with Crippen LogP contribution in [0.4, 0.5) is 11.4 Å². The van der Waals surface area contributed by atoms with Crippen LogP contribution in [0.1, 0.15) is 0 Å². The highest BCUT2D eigenvalue weighted by molar-refractivity contribution is 5.56. The fourth-order valence-electron chi connectivity index (χ4n) is 1.08. The van der Waals surface area contributed by atoms with E-state index < -0.39 is 0 Å². The summed E-state index contributed by atoms with van der Waals surface area (Å²) in [5, 5.41) is 0. The van der Waals surface area contributed by atoms with Gasteiger partial charge in [-0.2, -0.15) is 0 Å². The monoisotopic (exact) mass is 202 g/mol. The van der Waals surface area contributed by atoms with Gasteiger partial charge in [-0.25, -0.2) is 9.97 Å². The lowest BCUT2D eigenvalue weighted by Gasteiger charge is -2.05. The van der Waals surface area contributed by atoms with Gasteiger partial charge < -0.3 is 16.2 Å². The smallest absolute Gasteiger partial charge is 0.244 e. The molecule has 2 aromatic heterocycles. The predicted molar refractivity (Wildman–Crippen MR) is 57.4 cm³/mol. The topological polar surface area (TPSA) is 87.0 Å². The molecular formula is C10H10N4O. The second-order valence-corrected chi connectivity index (χ2v) is 2.93. The zero-order valence-corrected chi connectivity index (χ0v) is 7.92. The predicted octanol–water partition coefficient (Wildman–Crippen LogP) is 1.43. The maximum absolute atomic E-state index is 5.67. The zero-order valence-electron chi connectivity index (χ0n) is 7.92. The van der Waals surface area contributed by atoms with Crippen LogP contribution >= 0.6 is 0 Å². The molecule has 0 aliphatic heterocycles. The number of nitrogens with zero attached hydrogens (tertiary/aromatic N) is 2. The summed E-state index contributed by atoms with van der Waals surface area (Å²) in [5.74, 6) is 0.754. The molecule has 5 heteroatoms. The minimum atomic E-state index is 0.308. The lowest BCUT2D eigenvalue weighted by molar-refractivity contribution is 0.447. The summed E-state index contributed by atoms with van der Waals surface area (Å²) in [6.45, 7) is 0. The highest BCUT2D eigenvalue weighted by Crippen LogP contribution is 2.24. The quantitative estimate of drug-likeness (QED) is 0.769. The molecule has 0 aliphatic rings. The Morgan fingerprint density at radius 1 is 1.13 bits per heavy atom. The van der Waals surface area contributed by atoms with Crippen LogP contribution in [0.3, 0.4) is 0 Å². The van der Waals surface area contributed by atoms with Crippen molar-refractivity contribution < 1.29 is 4.74 Å². The van der Waals surface area contributed by atoms with Crippen molar-refractivity contribution in [3.63, 3.8) is 0 Å². The van der Waals surface area contributed by atoms with E-state index in [9.17, 15) is 0 Å². The highest BCUT2D eigenvalue weighted by atomic mass is 16.5. The minimum absolute atomic E-state index is 0.308. The van der Waals surface area contributed by atoms with Crippen molar-refractivity contribution in [3.05, 3.63) is 36.7 Å². The fraction of sp³-hybridized carbons (Fsp3) is 0. The Balaban J connectivity index is 2.25. The third-order valence-electron chi connectivity index (χ3n) is 1.74. The Morgan fingerprint density at radius 2 is 2.00 bits per heavy atom. The number of nitrogen functional groups attached to an aromatic ring is 2. The molecule has 0 radical (unpaired) electrons. The second kappa shape index (κ2) is 3.83. The van der Waals surface area contributed by atoms with Crippen molar-refractivity contribution in [1.82, 2.24) is 9.97 Å². The van der Waals surface area contributed by atoms with E-state index in [0.29, 0.717) is 23.1 Å². The van der Waals surface area contributed by atoms with Gasteiger partial charge in [0.15, 0.2) is 0 Å². The average Bonchev–Trinajstić information content (AvgIpc) is 2.24. The van der Waals surface area contributed by atoms with Crippen LogP contribution < -0.4 is 16.2 Å². The van der Waals surface area contributed by atoms with Gasteiger partial charge in [0.25, 0.3) is 0 Å². The van der Waals surface area contributed by atoms with Gasteiger partial charge in [0.05, 0.1) is 17.6 Å². The van der Waals surface area contributed by atoms with E-state index in [1.165, 1.54) is 6.20 Å². The van der Waals surface area contributed by atoms with Crippen LogP contribution in [0, 0.1) is 0 Å². The van der Waals surface area contributed by atoms with Crippen LogP contribution in [0.15, 0.2) is 36.7 Å². The van der Waals surface area contributed by atoms with Crippen LogP contribution in [-0.2, 0) is 0 Å². The molecule has 0 atom stereocenters. The molecule has 0 spiro atoms. The van der Waals surface area contributed by atoms with E-state index in [-0.39, 0.29) is 0 Å². The molecule has 0 saturated heterocycles. The normalized spacial score (nSPS) is 9.87. The number of ether oxygens (including phenoxy) is 1. The van der Waals surface area contributed by atoms with Crippen LogP contribution in [0.25, 0.3) is 0 Å².